The van der Waals surface area contributed by atoms with Crippen LogP contribution in [0.3, 0.4) is 0 Å². The number of hydrogen-bond donors (Lipinski definition) is 1. The molecule has 128 valence electrons. The van der Waals surface area contributed by atoms with Gasteiger partial charge in [0.05, 0.1) is 22.9 Å². The molecule has 2 aromatic rings. The lowest BCUT2D eigenvalue weighted by Crippen LogP contribution is -2.38. The molecule has 23 heavy (non-hydrogen) atoms. The van der Waals surface area contributed by atoms with Gasteiger partial charge in [0.2, 0.25) is 0 Å². The van der Waals surface area contributed by atoms with Crippen LogP contribution in [0.2, 0.25) is 10.0 Å². The molecule has 0 spiro atoms. The predicted molar refractivity (Wildman–Crippen MR) is 97.4 cm³/mol. The highest BCUT2D eigenvalue weighted by Crippen LogP contribution is 2.33. The van der Waals surface area contributed by atoms with E-state index in [0.717, 1.165) is 31.0 Å². The van der Waals surface area contributed by atoms with Crippen LogP contribution in [-0.2, 0) is 6.54 Å². The van der Waals surface area contributed by atoms with Crippen molar-refractivity contribution in [3.63, 3.8) is 0 Å². The zero-order valence-corrected chi connectivity index (χ0v) is 15.4. The summed E-state index contributed by atoms with van der Waals surface area (Å²) >= 11 is 12.0. The summed E-state index contributed by atoms with van der Waals surface area (Å²) in [5.74, 6) is 1.62. The highest BCUT2D eigenvalue weighted by Gasteiger charge is 2.28. The number of nitrogens with zero attached hydrogens (tertiary/aromatic N) is 1. The van der Waals surface area contributed by atoms with Crippen molar-refractivity contribution >= 4 is 48.0 Å². The fourth-order valence-corrected chi connectivity index (χ4v) is 2.82. The van der Waals surface area contributed by atoms with Crippen molar-refractivity contribution < 1.29 is 9.15 Å². The molecule has 3 rings (SSSR count). The van der Waals surface area contributed by atoms with Crippen molar-refractivity contribution in [1.82, 2.24) is 4.90 Å². The molecule has 8 heteroatoms. The van der Waals surface area contributed by atoms with Gasteiger partial charge in [-0.3, -0.25) is 4.90 Å². The summed E-state index contributed by atoms with van der Waals surface area (Å²) in [6.45, 7) is 2.95. The van der Waals surface area contributed by atoms with E-state index in [1.54, 1.807) is 18.4 Å². The second-order valence-electron chi connectivity index (χ2n) is 5.01. The Kier molecular flexibility index (Phi) is 8.01. The average molecular weight is 400 g/mol. The Balaban J connectivity index is 0.00000132. The molecule has 0 saturated carbocycles. The van der Waals surface area contributed by atoms with Crippen LogP contribution in [0.1, 0.15) is 17.4 Å². The minimum atomic E-state index is -0.101. The first-order valence-corrected chi connectivity index (χ1v) is 7.53. The summed E-state index contributed by atoms with van der Waals surface area (Å²) in [6.07, 6.45) is 1.60. The minimum Gasteiger partial charge on any atom is -0.484 e. The van der Waals surface area contributed by atoms with E-state index in [-0.39, 0.29) is 30.9 Å². The third-order valence-electron chi connectivity index (χ3n) is 3.53. The van der Waals surface area contributed by atoms with Crippen molar-refractivity contribution in [2.24, 2.45) is 5.73 Å². The van der Waals surface area contributed by atoms with Gasteiger partial charge in [0.15, 0.2) is 0 Å². The molecule has 1 aromatic carbocycles. The number of furan rings is 1. The average Bonchev–Trinajstić information content (AvgIpc) is 2.92. The highest BCUT2D eigenvalue weighted by atomic mass is 35.5. The van der Waals surface area contributed by atoms with Gasteiger partial charge in [-0.2, -0.15) is 0 Å². The summed E-state index contributed by atoms with van der Waals surface area (Å²) in [6, 6.07) is 7.23. The summed E-state index contributed by atoms with van der Waals surface area (Å²) in [5.41, 5.74) is 6.72. The molecule has 0 radical (unpaired) electrons. The fourth-order valence-electron chi connectivity index (χ4n) is 2.53. The van der Waals surface area contributed by atoms with Crippen LogP contribution in [-0.4, -0.2) is 24.5 Å². The Morgan fingerprint density at radius 3 is 2.70 bits per heavy atom. The molecule has 4 nitrogen and oxygen atoms in total. The van der Waals surface area contributed by atoms with E-state index in [4.69, 9.17) is 38.1 Å². The summed E-state index contributed by atoms with van der Waals surface area (Å²) in [4.78, 5) is 2.22. The lowest BCUT2D eigenvalue weighted by atomic mass is 10.0. The Bertz CT molecular complexity index is 636. The Morgan fingerprint density at radius 2 is 2.00 bits per heavy atom. The van der Waals surface area contributed by atoms with E-state index in [2.05, 4.69) is 4.90 Å². The van der Waals surface area contributed by atoms with E-state index in [9.17, 15) is 0 Å². The maximum absolute atomic E-state index is 6.07. The first-order chi connectivity index (χ1) is 10.2. The van der Waals surface area contributed by atoms with Crippen molar-refractivity contribution in [2.45, 2.75) is 12.6 Å². The van der Waals surface area contributed by atoms with Crippen molar-refractivity contribution in [3.8, 4) is 5.75 Å². The molecule has 1 unspecified atom stereocenters. The van der Waals surface area contributed by atoms with Gasteiger partial charge < -0.3 is 14.9 Å². The van der Waals surface area contributed by atoms with Crippen LogP contribution >= 0.6 is 48.0 Å². The molecule has 2 N–H and O–H groups in total. The molecule has 1 atom stereocenters. The minimum absolute atomic E-state index is 0. The molecule has 2 heterocycles. The van der Waals surface area contributed by atoms with Crippen LogP contribution in [0, 0.1) is 0 Å². The van der Waals surface area contributed by atoms with Crippen molar-refractivity contribution in [3.05, 3.63) is 51.9 Å². The van der Waals surface area contributed by atoms with Crippen LogP contribution in [0.4, 0.5) is 0 Å². The van der Waals surface area contributed by atoms with E-state index in [0.29, 0.717) is 22.3 Å². The van der Waals surface area contributed by atoms with Crippen LogP contribution < -0.4 is 10.5 Å². The summed E-state index contributed by atoms with van der Waals surface area (Å²) in [5, 5.41) is 0.998. The molecule has 1 aliphatic rings. The maximum Gasteiger partial charge on any atom is 0.140 e. The Labute approximate surface area is 157 Å². The second kappa shape index (κ2) is 9.02. The standard InChI is InChI=1S/C15H16Cl2N2O2.2ClH/c16-12-2-1-10(7-13(12)17)21-15-9-19(5-4-18)8-14-11(15)3-6-20-14;;/h1-3,6-7,15H,4-5,8-9,18H2;2*1H. The number of ether oxygens (including phenoxy) is 1. The van der Waals surface area contributed by atoms with Gasteiger partial charge in [-0.1, -0.05) is 23.2 Å². The number of benzene rings is 1. The molecule has 0 bridgehead atoms. The van der Waals surface area contributed by atoms with Gasteiger partial charge >= 0.3 is 0 Å². The Hall–Kier alpha value is -0.620. The van der Waals surface area contributed by atoms with Crippen LogP contribution in [0.25, 0.3) is 0 Å². The number of fused-ring (bicyclic) bond motifs is 1. The molecule has 1 aliphatic heterocycles. The number of nitrogens with two attached hydrogens (primary N) is 1. The van der Waals surface area contributed by atoms with Crippen molar-refractivity contribution in [2.75, 3.05) is 19.6 Å². The normalized spacial score (nSPS) is 16.9. The third kappa shape index (κ3) is 4.69. The monoisotopic (exact) mass is 398 g/mol. The highest BCUT2D eigenvalue weighted by molar-refractivity contribution is 6.42. The Morgan fingerprint density at radius 1 is 1.22 bits per heavy atom. The molecule has 0 amide bonds. The predicted octanol–water partition coefficient (Wildman–Crippen LogP) is 4.32. The SMILES string of the molecule is Cl.Cl.NCCN1Cc2occc2C(Oc2ccc(Cl)c(Cl)c2)C1. The maximum atomic E-state index is 6.07. The lowest BCUT2D eigenvalue weighted by Gasteiger charge is -2.31. The lowest BCUT2D eigenvalue weighted by molar-refractivity contribution is 0.104. The van der Waals surface area contributed by atoms with Gasteiger partial charge in [-0.05, 0) is 18.2 Å². The number of hydrogen-bond acceptors (Lipinski definition) is 4. The molecular weight excluding hydrogens is 382 g/mol. The van der Waals surface area contributed by atoms with E-state index in [1.165, 1.54) is 0 Å². The number of rotatable bonds is 4. The van der Waals surface area contributed by atoms with Gasteiger partial charge in [0.1, 0.15) is 17.6 Å². The van der Waals surface area contributed by atoms with Gasteiger partial charge in [0, 0.05) is 31.3 Å². The van der Waals surface area contributed by atoms with Gasteiger partial charge in [-0.25, -0.2) is 0 Å². The van der Waals surface area contributed by atoms with Gasteiger partial charge in [0.25, 0.3) is 0 Å². The van der Waals surface area contributed by atoms with Gasteiger partial charge in [-0.15, -0.1) is 24.8 Å². The smallest absolute Gasteiger partial charge is 0.140 e. The largest absolute Gasteiger partial charge is 0.484 e. The van der Waals surface area contributed by atoms with E-state index < -0.39 is 0 Å². The zero-order chi connectivity index (χ0) is 14.8. The second-order valence-corrected chi connectivity index (χ2v) is 5.82. The van der Waals surface area contributed by atoms with Crippen LogP contribution in [0.15, 0.2) is 34.9 Å². The quantitative estimate of drug-likeness (QED) is 0.831. The molecule has 1 aromatic heterocycles. The topological polar surface area (TPSA) is 51.6 Å². The van der Waals surface area contributed by atoms with E-state index in [1.807, 2.05) is 12.1 Å². The molecule has 0 fully saturated rings. The zero-order valence-electron chi connectivity index (χ0n) is 12.2. The molecular formula is C15H18Cl4N2O2. The summed E-state index contributed by atoms with van der Waals surface area (Å²) in [7, 11) is 0. The molecule has 0 aliphatic carbocycles. The first kappa shape index (κ1) is 20.4. The van der Waals surface area contributed by atoms with E-state index >= 15 is 0 Å². The third-order valence-corrected chi connectivity index (χ3v) is 4.27. The van der Waals surface area contributed by atoms with Crippen LogP contribution in [0.5, 0.6) is 5.75 Å². The molecule has 0 saturated heterocycles. The fraction of sp³-hybridized carbons (Fsp3) is 0.333. The first-order valence-electron chi connectivity index (χ1n) is 6.78. The van der Waals surface area contributed by atoms with Crippen molar-refractivity contribution in [1.29, 1.82) is 0 Å². The number of halogens is 4. The summed E-state index contributed by atoms with van der Waals surface area (Å²) < 4.78 is 11.6.